The number of methoxy groups -OCH3 is 1. The second kappa shape index (κ2) is 7.40. The number of nitrogens with one attached hydrogen (secondary N) is 1. The molecular formula is C15H18N2O4S. The number of benzene rings is 1. The Balaban J connectivity index is 2.28. The number of piperidine rings is 1. The highest BCUT2D eigenvalue weighted by Gasteiger charge is 2.39. The van der Waals surface area contributed by atoms with Crippen LogP contribution in [0.1, 0.15) is 12.8 Å². The predicted molar refractivity (Wildman–Crippen MR) is 81.4 cm³/mol. The molecule has 1 heterocycles. The van der Waals surface area contributed by atoms with Gasteiger partial charge in [-0.15, -0.1) is 12.3 Å². The van der Waals surface area contributed by atoms with Crippen molar-refractivity contribution < 1.29 is 18.9 Å². The fourth-order valence-corrected chi connectivity index (χ4v) is 3.92. The van der Waals surface area contributed by atoms with Gasteiger partial charge in [-0.3, -0.25) is 10.0 Å². The van der Waals surface area contributed by atoms with Gasteiger partial charge >= 0.3 is 0 Å². The molecule has 0 radical (unpaired) electrons. The summed E-state index contributed by atoms with van der Waals surface area (Å²) in [6, 6.07) is 5.96. The largest absolute Gasteiger partial charge is 0.497 e. The van der Waals surface area contributed by atoms with Crippen LogP contribution in [0.2, 0.25) is 0 Å². The minimum Gasteiger partial charge on any atom is -0.497 e. The fourth-order valence-electron chi connectivity index (χ4n) is 2.53. The quantitative estimate of drug-likeness (QED) is 0.491. The molecule has 1 unspecified atom stereocenters. The minimum absolute atomic E-state index is 0.386. The van der Waals surface area contributed by atoms with E-state index in [0.717, 1.165) is 6.42 Å². The van der Waals surface area contributed by atoms with Crippen molar-refractivity contribution in [3.63, 3.8) is 0 Å². The Kier molecular flexibility index (Phi) is 5.55. The summed E-state index contributed by atoms with van der Waals surface area (Å²) >= 11 is 0. The number of rotatable bonds is 4. The normalized spacial score (nSPS) is 23.3. The van der Waals surface area contributed by atoms with Crippen LogP contribution in [0.25, 0.3) is 0 Å². The average Bonchev–Trinajstić information content (AvgIpc) is 2.59. The van der Waals surface area contributed by atoms with Crippen molar-refractivity contribution in [2.75, 3.05) is 13.7 Å². The zero-order chi connectivity index (χ0) is 16.1. The molecule has 1 aliphatic rings. The van der Waals surface area contributed by atoms with Gasteiger partial charge in [-0.05, 0) is 37.1 Å². The number of amides is 1. The molecule has 0 saturated carbocycles. The first-order chi connectivity index (χ1) is 10.6. The minimum atomic E-state index is -1.54. The van der Waals surface area contributed by atoms with E-state index in [1.54, 1.807) is 36.9 Å². The van der Waals surface area contributed by atoms with Gasteiger partial charge < -0.3 is 4.74 Å². The van der Waals surface area contributed by atoms with E-state index in [-0.39, 0.29) is 5.92 Å². The third kappa shape index (κ3) is 3.30. The van der Waals surface area contributed by atoms with E-state index in [0.29, 0.717) is 23.6 Å². The Morgan fingerprint density at radius 1 is 1.50 bits per heavy atom. The molecule has 1 aromatic carbocycles. The molecule has 0 spiro atoms. The Labute approximate surface area is 132 Å². The van der Waals surface area contributed by atoms with Crippen LogP contribution in [0.3, 0.4) is 0 Å². The maximum atomic E-state index is 12.8. The number of nitrogens with zero attached hydrogens (tertiary/aromatic N) is 1. The first-order valence-electron chi connectivity index (χ1n) is 6.85. The lowest BCUT2D eigenvalue weighted by molar-refractivity contribution is -0.135. The maximum Gasteiger partial charge on any atom is 0.262 e. The van der Waals surface area contributed by atoms with Gasteiger partial charge in [-0.25, -0.2) is 14.0 Å². The van der Waals surface area contributed by atoms with Crippen molar-refractivity contribution in [2.24, 2.45) is 5.92 Å². The van der Waals surface area contributed by atoms with Gasteiger partial charge in [0.15, 0.2) is 0 Å². The summed E-state index contributed by atoms with van der Waals surface area (Å²) in [6.07, 6.45) is 6.87. The molecule has 1 saturated heterocycles. The lowest BCUT2D eigenvalue weighted by Crippen LogP contribution is -2.53. The zero-order valence-corrected chi connectivity index (χ0v) is 13.0. The molecule has 22 heavy (non-hydrogen) atoms. The smallest absolute Gasteiger partial charge is 0.262 e. The third-order valence-electron chi connectivity index (χ3n) is 3.65. The molecule has 1 aliphatic heterocycles. The van der Waals surface area contributed by atoms with Crippen molar-refractivity contribution in [1.29, 1.82) is 0 Å². The molecular weight excluding hydrogens is 304 g/mol. The van der Waals surface area contributed by atoms with Gasteiger partial charge in [-0.1, -0.05) is 0 Å². The van der Waals surface area contributed by atoms with Crippen LogP contribution in [0, 0.1) is 18.3 Å². The second-order valence-corrected chi connectivity index (χ2v) is 6.34. The number of hydroxylamine groups is 1. The number of ether oxygens (including phenoxy) is 1. The van der Waals surface area contributed by atoms with E-state index in [1.165, 1.54) is 4.31 Å². The van der Waals surface area contributed by atoms with Gasteiger partial charge in [0.25, 0.3) is 5.91 Å². The van der Waals surface area contributed by atoms with Crippen LogP contribution < -0.4 is 10.2 Å². The molecule has 0 aliphatic carbocycles. The van der Waals surface area contributed by atoms with Crippen molar-refractivity contribution >= 4 is 16.9 Å². The van der Waals surface area contributed by atoms with Crippen molar-refractivity contribution in [3.05, 3.63) is 24.3 Å². The summed E-state index contributed by atoms with van der Waals surface area (Å²) < 4.78 is 19.4. The summed E-state index contributed by atoms with van der Waals surface area (Å²) in [5, 5.41) is 8.93. The van der Waals surface area contributed by atoms with Gasteiger partial charge in [0.1, 0.15) is 22.8 Å². The van der Waals surface area contributed by atoms with Gasteiger partial charge in [0, 0.05) is 12.5 Å². The first kappa shape index (κ1) is 16.5. The summed E-state index contributed by atoms with van der Waals surface area (Å²) in [5.74, 6) is 2.19. The Morgan fingerprint density at radius 2 is 2.18 bits per heavy atom. The van der Waals surface area contributed by atoms with E-state index >= 15 is 0 Å². The Bertz CT molecular complexity index is 597. The standard InChI is InChI=1S/C15H18N2O4S/c1-3-11-5-4-10-17(14(11)15(18)16-19)22(20)13-8-6-12(21-2)7-9-13/h1,6-9,11,14,19H,4-5,10H2,2H3,(H,16,18)/t11-,14-,22?/m1/s1. The number of carbonyl (C=O) groups excluding carboxylic acids is 1. The molecule has 1 aromatic rings. The van der Waals surface area contributed by atoms with E-state index in [9.17, 15) is 9.00 Å². The van der Waals surface area contributed by atoms with Crippen LogP contribution in [-0.4, -0.2) is 39.3 Å². The Morgan fingerprint density at radius 3 is 2.73 bits per heavy atom. The predicted octanol–water partition coefficient (Wildman–Crippen LogP) is 0.937. The number of hydrogen-bond acceptors (Lipinski definition) is 4. The van der Waals surface area contributed by atoms with Crippen molar-refractivity contribution in [2.45, 2.75) is 23.8 Å². The number of hydrogen-bond donors (Lipinski definition) is 2. The summed E-state index contributed by atoms with van der Waals surface area (Å²) in [4.78, 5) is 12.5. The fraction of sp³-hybridized carbons (Fsp3) is 0.400. The van der Waals surface area contributed by atoms with Crippen LogP contribution in [-0.2, 0) is 15.8 Å². The third-order valence-corrected chi connectivity index (χ3v) is 5.16. The highest BCUT2D eigenvalue weighted by molar-refractivity contribution is 7.82. The number of carbonyl (C=O) groups is 1. The summed E-state index contributed by atoms with van der Waals surface area (Å²) in [7, 11) is 0.00695. The maximum absolute atomic E-state index is 12.8. The summed E-state index contributed by atoms with van der Waals surface area (Å²) in [5.41, 5.74) is 1.62. The van der Waals surface area contributed by atoms with Crippen LogP contribution in [0.15, 0.2) is 29.2 Å². The van der Waals surface area contributed by atoms with Crippen molar-refractivity contribution in [3.8, 4) is 18.1 Å². The molecule has 6 nitrogen and oxygen atoms in total. The lowest BCUT2D eigenvalue weighted by atomic mass is 9.91. The molecule has 1 amide bonds. The average molecular weight is 322 g/mol. The first-order valence-corrected chi connectivity index (χ1v) is 7.95. The number of terminal acetylenes is 1. The van der Waals surface area contributed by atoms with E-state index < -0.39 is 22.9 Å². The van der Waals surface area contributed by atoms with E-state index in [1.807, 2.05) is 0 Å². The molecule has 1 fully saturated rings. The monoisotopic (exact) mass is 322 g/mol. The van der Waals surface area contributed by atoms with Gasteiger partial charge in [0.05, 0.1) is 12.0 Å². The molecule has 0 aromatic heterocycles. The van der Waals surface area contributed by atoms with Crippen molar-refractivity contribution in [1.82, 2.24) is 9.79 Å². The molecule has 7 heteroatoms. The van der Waals surface area contributed by atoms with E-state index in [2.05, 4.69) is 5.92 Å². The summed E-state index contributed by atoms with van der Waals surface area (Å²) in [6.45, 7) is 0.467. The Hall–Kier alpha value is -1.88. The van der Waals surface area contributed by atoms with Gasteiger partial charge in [-0.2, -0.15) is 0 Å². The second-order valence-electron chi connectivity index (χ2n) is 4.90. The molecule has 0 bridgehead atoms. The SMILES string of the molecule is C#C[C@@H]1CCCN(S(=O)c2ccc(OC)cc2)[C@H]1C(=O)NO. The van der Waals surface area contributed by atoms with Gasteiger partial charge in [0.2, 0.25) is 0 Å². The topological polar surface area (TPSA) is 78.9 Å². The highest BCUT2D eigenvalue weighted by Crippen LogP contribution is 2.27. The molecule has 2 N–H and O–H groups in total. The molecule has 2 rings (SSSR count). The lowest BCUT2D eigenvalue weighted by Gasteiger charge is -2.36. The van der Waals surface area contributed by atoms with Crippen LogP contribution in [0.5, 0.6) is 5.75 Å². The van der Waals surface area contributed by atoms with Crippen LogP contribution >= 0.6 is 0 Å². The molecule has 118 valence electrons. The molecule has 3 atom stereocenters. The van der Waals surface area contributed by atoms with E-state index in [4.69, 9.17) is 16.4 Å². The van der Waals surface area contributed by atoms with Crippen LogP contribution in [0.4, 0.5) is 0 Å². The zero-order valence-electron chi connectivity index (χ0n) is 12.2. The highest BCUT2D eigenvalue weighted by atomic mass is 32.2.